The molecule has 0 saturated carbocycles. The Morgan fingerprint density at radius 1 is 1.12 bits per heavy atom. The Bertz CT molecular complexity index is 472. The number of hydrogen-bond acceptors (Lipinski definition) is 1. The van der Waals surface area contributed by atoms with Crippen LogP contribution in [0.2, 0.25) is 0 Å². The molecule has 16 heavy (non-hydrogen) atoms. The van der Waals surface area contributed by atoms with Crippen LogP contribution in [-0.2, 0) is 0 Å². The lowest BCUT2D eigenvalue weighted by Gasteiger charge is -2.11. The third-order valence-electron chi connectivity index (χ3n) is 2.90. The summed E-state index contributed by atoms with van der Waals surface area (Å²) < 4.78 is 0. The average molecular weight is 211 g/mol. The second-order valence-electron chi connectivity index (χ2n) is 4.47. The summed E-state index contributed by atoms with van der Waals surface area (Å²) in [5, 5.41) is 0. The SMILES string of the molecule is Cc1ccc(C(C)C)cc1-c1cccnc1. The number of hydrogen-bond donors (Lipinski definition) is 0. The summed E-state index contributed by atoms with van der Waals surface area (Å²) in [6.45, 7) is 6.59. The Morgan fingerprint density at radius 2 is 1.94 bits per heavy atom. The largest absolute Gasteiger partial charge is 0.264 e. The van der Waals surface area contributed by atoms with E-state index in [0.717, 1.165) is 0 Å². The van der Waals surface area contributed by atoms with Gasteiger partial charge in [-0.1, -0.05) is 38.1 Å². The molecule has 0 bridgehead atoms. The van der Waals surface area contributed by atoms with Crippen molar-refractivity contribution in [2.75, 3.05) is 0 Å². The van der Waals surface area contributed by atoms with Gasteiger partial charge in [0.2, 0.25) is 0 Å². The molecule has 0 aliphatic rings. The molecule has 1 heterocycles. The molecule has 1 nitrogen and oxygen atoms in total. The van der Waals surface area contributed by atoms with Gasteiger partial charge in [-0.15, -0.1) is 0 Å². The fourth-order valence-electron chi connectivity index (χ4n) is 1.83. The van der Waals surface area contributed by atoms with Crippen LogP contribution in [0.25, 0.3) is 11.1 Å². The highest BCUT2D eigenvalue weighted by atomic mass is 14.6. The molecule has 0 N–H and O–H groups in total. The van der Waals surface area contributed by atoms with Crippen molar-refractivity contribution in [3.63, 3.8) is 0 Å². The van der Waals surface area contributed by atoms with Crippen molar-refractivity contribution in [1.82, 2.24) is 4.98 Å². The lowest BCUT2D eigenvalue weighted by atomic mass is 9.95. The molecule has 0 saturated heterocycles. The maximum Gasteiger partial charge on any atom is 0.0346 e. The van der Waals surface area contributed by atoms with E-state index in [2.05, 4.69) is 50.0 Å². The number of pyridine rings is 1. The molecule has 0 aliphatic heterocycles. The summed E-state index contributed by atoms with van der Waals surface area (Å²) in [4.78, 5) is 4.18. The van der Waals surface area contributed by atoms with Gasteiger partial charge in [0.1, 0.15) is 0 Å². The molecule has 0 unspecified atom stereocenters. The third kappa shape index (κ3) is 2.13. The van der Waals surface area contributed by atoms with Crippen LogP contribution in [-0.4, -0.2) is 4.98 Å². The molecule has 82 valence electrons. The summed E-state index contributed by atoms with van der Waals surface area (Å²) in [5.41, 5.74) is 5.17. The molecule has 1 aromatic carbocycles. The molecule has 0 amide bonds. The van der Waals surface area contributed by atoms with Crippen molar-refractivity contribution >= 4 is 0 Å². The van der Waals surface area contributed by atoms with E-state index in [-0.39, 0.29) is 0 Å². The van der Waals surface area contributed by atoms with E-state index < -0.39 is 0 Å². The Labute approximate surface area is 97.2 Å². The van der Waals surface area contributed by atoms with Gasteiger partial charge in [0.15, 0.2) is 0 Å². The van der Waals surface area contributed by atoms with E-state index >= 15 is 0 Å². The van der Waals surface area contributed by atoms with E-state index in [1.165, 1.54) is 22.3 Å². The van der Waals surface area contributed by atoms with E-state index in [0.29, 0.717) is 5.92 Å². The Morgan fingerprint density at radius 3 is 2.56 bits per heavy atom. The molecule has 1 aromatic heterocycles. The molecular weight excluding hydrogens is 194 g/mol. The van der Waals surface area contributed by atoms with Gasteiger partial charge in [0.25, 0.3) is 0 Å². The van der Waals surface area contributed by atoms with Gasteiger partial charge in [0.05, 0.1) is 0 Å². The predicted octanol–water partition coefficient (Wildman–Crippen LogP) is 4.18. The summed E-state index contributed by atoms with van der Waals surface area (Å²) in [6, 6.07) is 10.8. The van der Waals surface area contributed by atoms with E-state index in [4.69, 9.17) is 0 Å². The fourth-order valence-corrected chi connectivity index (χ4v) is 1.83. The third-order valence-corrected chi connectivity index (χ3v) is 2.90. The highest BCUT2D eigenvalue weighted by molar-refractivity contribution is 5.67. The van der Waals surface area contributed by atoms with E-state index in [1.807, 2.05) is 18.5 Å². The molecule has 0 spiro atoms. The zero-order valence-electron chi connectivity index (χ0n) is 10.1. The van der Waals surface area contributed by atoms with Gasteiger partial charge >= 0.3 is 0 Å². The first kappa shape index (κ1) is 10.9. The number of aromatic nitrogens is 1. The molecule has 1 heteroatoms. The first-order valence-corrected chi connectivity index (χ1v) is 5.69. The van der Waals surface area contributed by atoms with Gasteiger partial charge < -0.3 is 0 Å². The smallest absolute Gasteiger partial charge is 0.0346 e. The topological polar surface area (TPSA) is 12.9 Å². The molecule has 0 fully saturated rings. The number of benzene rings is 1. The van der Waals surface area contributed by atoms with Crippen LogP contribution in [0.3, 0.4) is 0 Å². The molecule has 0 aliphatic carbocycles. The van der Waals surface area contributed by atoms with Crippen LogP contribution in [0.4, 0.5) is 0 Å². The minimum Gasteiger partial charge on any atom is -0.264 e. The van der Waals surface area contributed by atoms with Crippen LogP contribution in [0.15, 0.2) is 42.7 Å². The van der Waals surface area contributed by atoms with Crippen molar-refractivity contribution in [2.24, 2.45) is 0 Å². The molecule has 0 atom stereocenters. The lowest BCUT2D eigenvalue weighted by Crippen LogP contribution is -1.91. The van der Waals surface area contributed by atoms with Crippen molar-refractivity contribution in [3.05, 3.63) is 53.9 Å². The predicted molar refractivity (Wildman–Crippen MR) is 68.5 cm³/mol. The summed E-state index contributed by atoms with van der Waals surface area (Å²) >= 11 is 0. The van der Waals surface area contributed by atoms with Gasteiger partial charge in [0, 0.05) is 18.0 Å². The summed E-state index contributed by atoms with van der Waals surface area (Å²) in [7, 11) is 0. The maximum atomic E-state index is 4.18. The van der Waals surface area contributed by atoms with Crippen LogP contribution in [0, 0.1) is 6.92 Å². The van der Waals surface area contributed by atoms with Gasteiger partial charge in [-0.05, 0) is 35.6 Å². The van der Waals surface area contributed by atoms with Gasteiger partial charge in [-0.3, -0.25) is 4.98 Å². The highest BCUT2D eigenvalue weighted by Gasteiger charge is 2.05. The van der Waals surface area contributed by atoms with E-state index in [9.17, 15) is 0 Å². The standard InChI is InChI=1S/C15H17N/c1-11(2)13-7-6-12(3)15(9-13)14-5-4-8-16-10-14/h4-11H,1-3H3. The van der Waals surface area contributed by atoms with Crippen molar-refractivity contribution in [2.45, 2.75) is 26.7 Å². The second kappa shape index (κ2) is 4.48. The zero-order chi connectivity index (χ0) is 11.5. The van der Waals surface area contributed by atoms with Gasteiger partial charge in [-0.25, -0.2) is 0 Å². The van der Waals surface area contributed by atoms with Gasteiger partial charge in [-0.2, -0.15) is 0 Å². The van der Waals surface area contributed by atoms with Crippen molar-refractivity contribution in [1.29, 1.82) is 0 Å². The quantitative estimate of drug-likeness (QED) is 0.726. The normalized spacial score (nSPS) is 10.8. The first-order chi connectivity index (χ1) is 7.68. The van der Waals surface area contributed by atoms with Crippen molar-refractivity contribution in [3.8, 4) is 11.1 Å². The average Bonchev–Trinajstić information content (AvgIpc) is 2.30. The Kier molecular flexibility index (Phi) is 3.04. The Balaban J connectivity index is 2.52. The monoisotopic (exact) mass is 211 g/mol. The fraction of sp³-hybridized carbons (Fsp3) is 0.267. The summed E-state index contributed by atoms with van der Waals surface area (Å²) in [5.74, 6) is 0.566. The maximum absolute atomic E-state index is 4.18. The van der Waals surface area contributed by atoms with E-state index in [1.54, 1.807) is 0 Å². The Hall–Kier alpha value is -1.63. The van der Waals surface area contributed by atoms with Crippen LogP contribution < -0.4 is 0 Å². The minimum absolute atomic E-state index is 0.566. The minimum atomic E-state index is 0.566. The van der Waals surface area contributed by atoms with Crippen LogP contribution >= 0.6 is 0 Å². The molecule has 2 rings (SSSR count). The second-order valence-corrected chi connectivity index (χ2v) is 4.47. The van der Waals surface area contributed by atoms with Crippen LogP contribution in [0.5, 0.6) is 0 Å². The first-order valence-electron chi connectivity index (χ1n) is 5.69. The number of aryl methyl sites for hydroxylation is 1. The molecular formula is C15H17N. The molecule has 2 aromatic rings. The zero-order valence-corrected chi connectivity index (χ0v) is 10.1. The lowest BCUT2D eigenvalue weighted by molar-refractivity contribution is 0.866. The number of nitrogens with zero attached hydrogens (tertiary/aromatic N) is 1. The summed E-state index contributed by atoms with van der Waals surface area (Å²) in [6.07, 6.45) is 3.73. The number of rotatable bonds is 2. The molecule has 0 radical (unpaired) electrons. The van der Waals surface area contributed by atoms with Crippen molar-refractivity contribution < 1.29 is 0 Å². The van der Waals surface area contributed by atoms with Crippen LogP contribution in [0.1, 0.15) is 30.9 Å². The highest BCUT2D eigenvalue weighted by Crippen LogP contribution is 2.26.